The Hall–Kier alpha value is -1.95. The number of nitro benzene ring substituents is 1. The number of carbonyl (C=O) groups is 1. The number of carboxylic acids is 1. The van der Waals surface area contributed by atoms with E-state index in [-0.39, 0.29) is 16.8 Å². The Labute approximate surface area is 91.3 Å². The van der Waals surface area contributed by atoms with Gasteiger partial charge in [-0.3, -0.25) is 10.1 Å². The second kappa shape index (κ2) is 4.28. The second-order valence-electron chi connectivity index (χ2n) is 3.44. The Kier molecular flexibility index (Phi) is 3.24. The number of benzene rings is 1. The topological polar surface area (TPSA) is 101 Å². The van der Waals surface area contributed by atoms with Gasteiger partial charge in [0.05, 0.1) is 4.92 Å². The van der Waals surface area contributed by atoms with Gasteiger partial charge in [0, 0.05) is 17.2 Å². The summed E-state index contributed by atoms with van der Waals surface area (Å²) in [6, 6.07) is 2.72. The quantitative estimate of drug-likeness (QED) is 0.597. The van der Waals surface area contributed by atoms with Crippen LogP contribution < -0.4 is 0 Å². The smallest absolute Gasteiger partial charge is 0.337 e. The maximum Gasteiger partial charge on any atom is 0.337 e. The summed E-state index contributed by atoms with van der Waals surface area (Å²) < 4.78 is 0. The van der Waals surface area contributed by atoms with Crippen molar-refractivity contribution >= 4 is 11.7 Å². The van der Waals surface area contributed by atoms with Crippen LogP contribution >= 0.6 is 0 Å². The Bertz CT molecular complexity index is 455. The van der Waals surface area contributed by atoms with Crippen LogP contribution in [0.15, 0.2) is 12.1 Å². The van der Waals surface area contributed by atoms with E-state index >= 15 is 0 Å². The first-order chi connectivity index (χ1) is 7.36. The summed E-state index contributed by atoms with van der Waals surface area (Å²) in [5.41, 5.74) is 0.584. The van der Waals surface area contributed by atoms with Gasteiger partial charge in [0.1, 0.15) is 0 Å². The fraction of sp³-hybridized carbons (Fsp3) is 0.300. The van der Waals surface area contributed by atoms with Gasteiger partial charge in [0.2, 0.25) is 0 Å². The van der Waals surface area contributed by atoms with Crippen LogP contribution in [-0.2, 0) is 4.79 Å². The zero-order valence-corrected chi connectivity index (χ0v) is 8.80. The molecule has 6 nitrogen and oxygen atoms in total. The van der Waals surface area contributed by atoms with Crippen molar-refractivity contribution in [2.75, 3.05) is 0 Å². The molecule has 0 heterocycles. The standard InChI is InChI=1S/C10H11NO5/c1-5-3-4-7(11(15)16)6(2)8(5)9(12)10(13)14/h3-4,9,12H,1-2H3,(H,13,14). The number of carboxylic acid groups (broad SMARTS) is 1. The molecule has 0 aromatic heterocycles. The number of hydrogen-bond acceptors (Lipinski definition) is 4. The van der Waals surface area contributed by atoms with E-state index in [2.05, 4.69) is 0 Å². The Balaban J connectivity index is 3.43. The van der Waals surface area contributed by atoms with E-state index in [0.717, 1.165) is 0 Å². The first-order valence-corrected chi connectivity index (χ1v) is 4.51. The lowest BCUT2D eigenvalue weighted by atomic mass is 9.96. The van der Waals surface area contributed by atoms with E-state index in [4.69, 9.17) is 5.11 Å². The van der Waals surface area contributed by atoms with Crippen molar-refractivity contribution in [1.82, 2.24) is 0 Å². The normalized spacial score (nSPS) is 12.2. The summed E-state index contributed by atoms with van der Waals surface area (Å²) in [7, 11) is 0. The van der Waals surface area contributed by atoms with Gasteiger partial charge in [-0.1, -0.05) is 6.07 Å². The van der Waals surface area contributed by atoms with Gasteiger partial charge in [0.25, 0.3) is 5.69 Å². The van der Waals surface area contributed by atoms with Crippen LogP contribution in [0.25, 0.3) is 0 Å². The van der Waals surface area contributed by atoms with Gasteiger partial charge < -0.3 is 10.2 Å². The van der Waals surface area contributed by atoms with Crippen LogP contribution in [0.5, 0.6) is 0 Å². The molecule has 0 bridgehead atoms. The first kappa shape index (κ1) is 12.1. The van der Waals surface area contributed by atoms with Crippen LogP contribution in [0.2, 0.25) is 0 Å². The number of aliphatic hydroxyl groups excluding tert-OH is 1. The van der Waals surface area contributed by atoms with E-state index in [1.165, 1.54) is 19.1 Å². The Morgan fingerprint density at radius 2 is 2.00 bits per heavy atom. The van der Waals surface area contributed by atoms with Gasteiger partial charge in [-0.25, -0.2) is 4.79 Å². The third kappa shape index (κ3) is 2.01. The van der Waals surface area contributed by atoms with E-state index < -0.39 is 17.0 Å². The lowest BCUT2D eigenvalue weighted by Gasteiger charge is -2.12. The minimum atomic E-state index is -1.74. The van der Waals surface area contributed by atoms with Crippen molar-refractivity contribution in [1.29, 1.82) is 0 Å². The molecule has 16 heavy (non-hydrogen) atoms. The largest absolute Gasteiger partial charge is 0.479 e. The van der Waals surface area contributed by atoms with E-state index in [1.807, 2.05) is 0 Å². The number of hydrogen-bond donors (Lipinski definition) is 2. The molecule has 1 atom stereocenters. The fourth-order valence-electron chi connectivity index (χ4n) is 1.59. The number of aryl methyl sites for hydroxylation is 1. The molecule has 1 rings (SSSR count). The highest BCUT2D eigenvalue weighted by molar-refractivity contribution is 5.76. The van der Waals surface area contributed by atoms with Crippen molar-refractivity contribution in [2.45, 2.75) is 20.0 Å². The third-order valence-corrected chi connectivity index (χ3v) is 2.41. The lowest BCUT2D eigenvalue weighted by molar-refractivity contribution is -0.385. The molecule has 1 unspecified atom stereocenters. The maximum absolute atomic E-state index is 10.7. The minimum Gasteiger partial charge on any atom is -0.479 e. The highest BCUT2D eigenvalue weighted by Gasteiger charge is 2.25. The summed E-state index contributed by atoms with van der Waals surface area (Å²) in [6.45, 7) is 3.02. The number of aliphatic carboxylic acids is 1. The number of nitro groups is 1. The molecule has 6 heteroatoms. The van der Waals surface area contributed by atoms with E-state index in [9.17, 15) is 20.0 Å². The average Bonchev–Trinajstić information content (AvgIpc) is 2.16. The zero-order valence-electron chi connectivity index (χ0n) is 8.80. The van der Waals surface area contributed by atoms with Crippen molar-refractivity contribution < 1.29 is 19.9 Å². The summed E-state index contributed by atoms with van der Waals surface area (Å²) in [6.07, 6.45) is -1.74. The van der Waals surface area contributed by atoms with Gasteiger partial charge in [-0.2, -0.15) is 0 Å². The molecule has 0 aliphatic carbocycles. The molecule has 2 N–H and O–H groups in total. The monoisotopic (exact) mass is 225 g/mol. The van der Waals surface area contributed by atoms with E-state index in [1.54, 1.807) is 6.92 Å². The van der Waals surface area contributed by atoms with Crippen LogP contribution in [0.4, 0.5) is 5.69 Å². The number of aliphatic hydroxyl groups is 1. The average molecular weight is 225 g/mol. The van der Waals surface area contributed by atoms with Gasteiger partial charge >= 0.3 is 5.97 Å². The predicted octanol–water partition coefficient (Wildman–Crippen LogP) is 1.33. The van der Waals surface area contributed by atoms with E-state index in [0.29, 0.717) is 5.56 Å². The van der Waals surface area contributed by atoms with Gasteiger partial charge in [0.15, 0.2) is 6.10 Å². The molecule has 1 aromatic rings. The van der Waals surface area contributed by atoms with Crippen LogP contribution in [0.3, 0.4) is 0 Å². The highest BCUT2D eigenvalue weighted by Crippen LogP contribution is 2.29. The summed E-state index contributed by atoms with van der Waals surface area (Å²) >= 11 is 0. The van der Waals surface area contributed by atoms with Crippen LogP contribution in [0.1, 0.15) is 22.8 Å². The summed E-state index contributed by atoms with van der Waals surface area (Å²) in [4.78, 5) is 20.7. The van der Waals surface area contributed by atoms with Crippen LogP contribution in [0, 0.1) is 24.0 Å². The zero-order chi connectivity index (χ0) is 12.5. The molecule has 86 valence electrons. The minimum absolute atomic E-state index is 0.0849. The second-order valence-corrected chi connectivity index (χ2v) is 3.44. The molecular weight excluding hydrogens is 214 g/mol. The number of nitrogens with zero attached hydrogens (tertiary/aromatic N) is 1. The maximum atomic E-state index is 10.7. The Morgan fingerprint density at radius 3 is 2.44 bits per heavy atom. The van der Waals surface area contributed by atoms with Crippen molar-refractivity contribution in [3.8, 4) is 0 Å². The molecule has 0 aliphatic rings. The fourth-order valence-corrected chi connectivity index (χ4v) is 1.59. The summed E-state index contributed by atoms with van der Waals surface area (Å²) in [5.74, 6) is -1.42. The molecule has 0 saturated carbocycles. The molecule has 1 aromatic carbocycles. The van der Waals surface area contributed by atoms with Gasteiger partial charge in [-0.15, -0.1) is 0 Å². The highest BCUT2D eigenvalue weighted by atomic mass is 16.6. The Morgan fingerprint density at radius 1 is 1.44 bits per heavy atom. The summed E-state index contributed by atoms with van der Waals surface area (Å²) in [5, 5.41) is 28.8. The third-order valence-electron chi connectivity index (χ3n) is 2.41. The molecule has 0 fully saturated rings. The molecule has 0 amide bonds. The van der Waals surface area contributed by atoms with Crippen LogP contribution in [-0.4, -0.2) is 21.1 Å². The molecule has 0 radical (unpaired) electrons. The predicted molar refractivity (Wildman–Crippen MR) is 55.2 cm³/mol. The molecule has 0 aliphatic heterocycles. The van der Waals surface area contributed by atoms with Crippen molar-refractivity contribution in [2.24, 2.45) is 0 Å². The number of rotatable bonds is 3. The molecular formula is C10H11NO5. The van der Waals surface area contributed by atoms with Crippen molar-refractivity contribution in [3.05, 3.63) is 38.9 Å². The molecule has 0 saturated heterocycles. The molecule has 0 spiro atoms. The first-order valence-electron chi connectivity index (χ1n) is 4.51. The van der Waals surface area contributed by atoms with Gasteiger partial charge in [-0.05, 0) is 19.4 Å². The SMILES string of the molecule is Cc1ccc([N+](=O)[O-])c(C)c1C(O)C(=O)O. The van der Waals surface area contributed by atoms with Crippen molar-refractivity contribution in [3.63, 3.8) is 0 Å². The lowest BCUT2D eigenvalue weighted by Crippen LogP contribution is -2.14.